The highest BCUT2D eigenvalue weighted by Crippen LogP contribution is 2.27. The van der Waals surface area contributed by atoms with E-state index in [2.05, 4.69) is 37.2 Å². The summed E-state index contributed by atoms with van der Waals surface area (Å²) in [5.74, 6) is -0.173. The Morgan fingerprint density at radius 3 is 2.50 bits per heavy atom. The van der Waals surface area contributed by atoms with Crippen molar-refractivity contribution in [1.29, 1.82) is 0 Å². The maximum Gasteiger partial charge on any atom is 0.256 e. The third-order valence-corrected chi connectivity index (χ3v) is 4.22. The van der Waals surface area contributed by atoms with Gasteiger partial charge in [-0.2, -0.15) is 0 Å². The molecule has 0 saturated heterocycles. The Kier molecular flexibility index (Phi) is 4.50. The first-order chi connectivity index (χ1) is 9.38. The molecule has 1 amide bonds. The number of nitrogen functional groups attached to an aromatic ring is 1. The maximum atomic E-state index is 12.4. The molecule has 0 fully saturated rings. The van der Waals surface area contributed by atoms with Crippen LogP contribution in [0.3, 0.4) is 0 Å². The van der Waals surface area contributed by atoms with E-state index >= 15 is 0 Å². The predicted molar refractivity (Wildman–Crippen MR) is 90.1 cm³/mol. The Bertz CT molecular complexity index is 684. The summed E-state index contributed by atoms with van der Waals surface area (Å²) in [7, 11) is 0. The summed E-state index contributed by atoms with van der Waals surface area (Å²) in [5.41, 5.74) is 9.67. The van der Waals surface area contributed by atoms with Crippen molar-refractivity contribution < 1.29 is 4.79 Å². The van der Waals surface area contributed by atoms with Crippen molar-refractivity contribution in [2.75, 3.05) is 11.1 Å². The molecule has 0 unspecified atom stereocenters. The Labute approximate surface area is 134 Å². The molecule has 3 nitrogen and oxygen atoms in total. The second kappa shape index (κ2) is 5.97. The van der Waals surface area contributed by atoms with Gasteiger partial charge in [-0.3, -0.25) is 4.79 Å². The molecule has 0 aliphatic rings. The van der Waals surface area contributed by atoms with E-state index in [1.54, 1.807) is 6.07 Å². The van der Waals surface area contributed by atoms with E-state index in [4.69, 9.17) is 5.73 Å². The average molecular weight is 398 g/mol. The van der Waals surface area contributed by atoms with Crippen LogP contribution in [0.5, 0.6) is 0 Å². The van der Waals surface area contributed by atoms with Crippen molar-refractivity contribution in [3.8, 4) is 0 Å². The molecule has 0 atom stereocenters. The Morgan fingerprint density at radius 1 is 1.10 bits per heavy atom. The van der Waals surface area contributed by atoms with Crippen molar-refractivity contribution in [3.63, 3.8) is 0 Å². The summed E-state index contributed by atoms with van der Waals surface area (Å²) < 4.78 is 1.72. The van der Waals surface area contributed by atoms with Crippen LogP contribution in [0, 0.1) is 13.8 Å². The first kappa shape index (κ1) is 15.1. The second-order valence-corrected chi connectivity index (χ2v) is 6.37. The summed E-state index contributed by atoms with van der Waals surface area (Å²) in [4.78, 5) is 12.4. The molecular weight excluding hydrogens is 384 g/mol. The first-order valence-corrected chi connectivity index (χ1v) is 7.60. The summed E-state index contributed by atoms with van der Waals surface area (Å²) in [5, 5.41) is 2.88. The number of benzene rings is 2. The van der Waals surface area contributed by atoms with Gasteiger partial charge in [-0.05, 0) is 65.2 Å². The van der Waals surface area contributed by atoms with Crippen LogP contribution < -0.4 is 11.1 Å². The number of halogens is 2. The number of amides is 1. The van der Waals surface area contributed by atoms with E-state index in [0.29, 0.717) is 16.9 Å². The minimum absolute atomic E-state index is 0.173. The number of carbonyl (C=O) groups excluding carboxylic acids is 1. The SMILES string of the molecule is Cc1cc(C)c(C(=O)Nc2cc(Br)ccc2Br)cc1N. The predicted octanol–water partition coefficient (Wildman–Crippen LogP) is 4.66. The third kappa shape index (κ3) is 3.22. The first-order valence-electron chi connectivity index (χ1n) is 6.01. The molecule has 5 heteroatoms. The zero-order valence-electron chi connectivity index (χ0n) is 11.1. The Hall–Kier alpha value is -1.33. The summed E-state index contributed by atoms with van der Waals surface area (Å²) in [6.45, 7) is 3.83. The molecule has 0 radical (unpaired) electrons. The van der Waals surface area contributed by atoms with E-state index in [9.17, 15) is 4.79 Å². The minimum Gasteiger partial charge on any atom is -0.398 e. The highest BCUT2D eigenvalue weighted by molar-refractivity contribution is 9.11. The normalized spacial score (nSPS) is 10.4. The van der Waals surface area contributed by atoms with Gasteiger partial charge in [-0.1, -0.05) is 22.0 Å². The molecule has 0 saturated carbocycles. The minimum atomic E-state index is -0.173. The molecule has 20 heavy (non-hydrogen) atoms. The van der Waals surface area contributed by atoms with E-state index in [1.165, 1.54) is 0 Å². The zero-order valence-corrected chi connectivity index (χ0v) is 14.3. The molecular formula is C15H14Br2N2O. The molecule has 2 aromatic carbocycles. The quantitative estimate of drug-likeness (QED) is 0.723. The monoisotopic (exact) mass is 396 g/mol. The molecule has 0 heterocycles. The van der Waals surface area contributed by atoms with Crippen LogP contribution in [0.4, 0.5) is 11.4 Å². The molecule has 0 aliphatic heterocycles. The topological polar surface area (TPSA) is 55.1 Å². The van der Waals surface area contributed by atoms with Gasteiger partial charge < -0.3 is 11.1 Å². The lowest BCUT2D eigenvalue weighted by molar-refractivity contribution is 0.102. The number of rotatable bonds is 2. The number of hydrogen-bond donors (Lipinski definition) is 2. The van der Waals surface area contributed by atoms with Crippen molar-refractivity contribution in [1.82, 2.24) is 0 Å². The molecule has 104 valence electrons. The van der Waals surface area contributed by atoms with Gasteiger partial charge in [0.05, 0.1) is 5.69 Å². The van der Waals surface area contributed by atoms with Gasteiger partial charge >= 0.3 is 0 Å². The lowest BCUT2D eigenvalue weighted by Crippen LogP contribution is -2.14. The van der Waals surface area contributed by atoms with Gasteiger partial charge in [0.15, 0.2) is 0 Å². The van der Waals surface area contributed by atoms with Crippen LogP contribution in [-0.4, -0.2) is 5.91 Å². The molecule has 2 rings (SSSR count). The van der Waals surface area contributed by atoms with Gasteiger partial charge in [0, 0.05) is 20.2 Å². The van der Waals surface area contributed by atoms with Crippen LogP contribution in [0.15, 0.2) is 39.3 Å². The van der Waals surface area contributed by atoms with Crippen molar-refractivity contribution >= 4 is 49.1 Å². The second-order valence-electron chi connectivity index (χ2n) is 4.60. The fourth-order valence-corrected chi connectivity index (χ4v) is 2.60. The number of nitrogens with two attached hydrogens (primary N) is 1. The van der Waals surface area contributed by atoms with Crippen LogP contribution in [0.25, 0.3) is 0 Å². The van der Waals surface area contributed by atoms with Crippen molar-refractivity contribution in [2.24, 2.45) is 0 Å². The average Bonchev–Trinajstić information content (AvgIpc) is 2.38. The summed E-state index contributed by atoms with van der Waals surface area (Å²) in [6.07, 6.45) is 0. The van der Waals surface area contributed by atoms with Crippen molar-refractivity contribution in [2.45, 2.75) is 13.8 Å². The Morgan fingerprint density at radius 2 is 1.80 bits per heavy atom. The maximum absolute atomic E-state index is 12.4. The van der Waals surface area contributed by atoms with Gasteiger partial charge in [0.2, 0.25) is 0 Å². The van der Waals surface area contributed by atoms with E-state index in [1.807, 2.05) is 38.1 Å². The van der Waals surface area contributed by atoms with Gasteiger partial charge in [0.25, 0.3) is 5.91 Å². The number of carbonyl (C=O) groups is 1. The standard InChI is InChI=1S/C15H14Br2N2O/c1-8-5-9(2)13(18)7-11(8)15(20)19-14-6-10(16)3-4-12(14)17/h3-7H,18H2,1-2H3,(H,19,20). The smallest absolute Gasteiger partial charge is 0.256 e. The van der Waals surface area contributed by atoms with E-state index in [0.717, 1.165) is 20.1 Å². The molecule has 0 aliphatic carbocycles. The summed E-state index contributed by atoms with van der Waals surface area (Å²) >= 11 is 6.80. The van der Waals surface area contributed by atoms with E-state index in [-0.39, 0.29) is 5.91 Å². The molecule has 2 aromatic rings. The lowest BCUT2D eigenvalue weighted by atomic mass is 10.0. The van der Waals surface area contributed by atoms with Crippen LogP contribution >= 0.6 is 31.9 Å². The number of nitrogens with one attached hydrogen (secondary N) is 1. The molecule has 0 bridgehead atoms. The molecule has 0 spiro atoms. The number of hydrogen-bond acceptors (Lipinski definition) is 2. The Balaban J connectivity index is 2.33. The number of aryl methyl sites for hydroxylation is 2. The van der Waals surface area contributed by atoms with Gasteiger partial charge in [-0.15, -0.1) is 0 Å². The number of anilines is 2. The fraction of sp³-hybridized carbons (Fsp3) is 0.133. The zero-order chi connectivity index (χ0) is 14.9. The van der Waals surface area contributed by atoms with Crippen LogP contribution in [-0.2, 0) is 0 Å². The van der Waals surface area contributed by atoms with Gasteiger partial charge in [0.1, 0.15) is 0 Å². The fourth-order valence-electron chi connectivity index (χ4n) is 1.90. The highest BCUT2D eigenvalue weighted by atomic mass is 79.9. The lowest BCUT2D eigenvalue weighted by Gasteiger charge is -2.11. The molecule has 3 N–H and O–H groups in total. The van der Waals surface area contributed by atoms with E-state index < -0.39 is 0 Å². The van der Waals surface area contributed by atoms with Crippen LogP contribution in [0.1, 0.15) is 21.5 Å². The largest absolute Gasteiger partial charge is 0.398 e. The highest BCUT2D eigenvalue weighted by Gasteiger charge is 2.12. The summed E-state index contributed by atoms with van der Waals surface area (Å²) in [6, 6.07) is 9.24. The van der Waals surface area contributed by atoms with Crippen molar-refractivity contribution in [3.05, 3.63) is 56.0 Å². The molecule has 0 aromatic heterocycles. The third-order valence-electron chi connectivity index (χ3n) is 3.03. The van der Waals surface area contributed by atoms with Gasteiger partial charge in [-0.25, -0.2) is 0 Å². The van der Waals surface area contributed by atoms with Crippen LogP contribution in [0.2, 0.25) is 0 Å².